The van der Waals surface area contributed by atoms with Crippen molar-refractivity contribution in [1.82, 2.24) is 15.0 Å². The maximum absolute atomic E-state index is 12.4. The van der Waals surface area contributed by atoms with Gasteiger partial charge in [0.2, 0.25) is 0 Å². The van der Waals surface area contributed by atoms with Crippen LogP contribution in [0.5, 0.6) is 5.75 Å². The van der Waals surface area contributed by atoms with Gasteiger partial charge in [0, 0.05) is 5.69 Å². The third kappa shape index (κ3) is 4.35. The lowest BCUT2D eigenvalue weighted by Gasteiger charge is -2.13. The minimum Gasteiger partial charge on any atom is -0.497 e. The summed E-state index contributed by atoms with van der Waals surface area (Å²) in [5, 5.41) is 11.1. The van der Waals surface area contributed by atoms with Crippen molar-refractivity contribution < 1.29 is 19.1 Å². The Morgan fingerprint density at radius 2 is 1.71 bits per heavy atom. The monoisotopic (exact) mass is 380 g/mol. The number of nitrogens with one attached hydrogen (secondary N) is 1. The third-order valence-corrected chi connectivity index (χ3v) is 3.97. The van der Waals surface area contributed by atoms with Crippen LogP contribution in [0.4, 0.5) is 5.69 Å². The molecule has 1 amide bonds. The Labute approximate surface area is 162 Å². The highest BCUT2D eigenvalue weighted by atomic mass is 16.5. The van der Waals surface area contributed by atoms with Crippen molar-refractivity contribution in [2.24, 2.45) is 0 Å². The number of amides is 1. The number of aromatic nitrogens is 3. The summed E-state index contributed by atoms with van der Waals surface area (Å²) in [4.78, 5) is 26.1. The minimum absolute atomic E-state index is 0.0629. The summed E-state index contributed by atoms with van der Waals surface area (Å²) in [6, 6.07) is 16.0. The lowest BCUT2D eigenvalue weighted by molar-refractivity contribution is -0.123. The number of para-hydroxylation sites is 1. The van der Waals surface area contributed by atoms with E-state index in [1.54, 1.807) is 38.3 Å². The predicted octanol–water partition coefficient (Wildman–Crippen LogP) is 2.77. The van der Waals surface area contributed by atoms with Crippen molar-refractivity contribution in [2.75, 3.05) is 12.4 Å². The first-order valence-electron chi connectivity index (χ1n) is 8.63. The molecule has 0 saturated heterocycles. The SMILES string of the molecule is COc1ccc(NC(=O)[C@@H](C)OC(=O)c2nn(-c3ccccc3)nc2C)cc1. The van der Waals surface area contributed by atoms with Gasteiger partial charge in [-0.3, -0.25) is 4.79 Å². The van der Waals surface area contributed by atoms with Crippen LogP contribution < -0.4 is 10.1 Å². The predicted molar refractivity (Wildman–Crippen MR) is 103 cm³/mol. The van der Waals surface area contributed by atoms with Crippen LogP contribution in [0.1, 0.15) is 23.1 Å². The maximum Gasteiger partial charge on any atom is 0.361 e. The molecule has 1 atom stereocenters. The minimum atomic E-state index is -1.00. The first-order valence-corrected chi connectivity index (χ1v) is 8.63. The highest BCUT2D eigenvalue weighted by molar-refractivity contribution is 5.97. The molecule has 0 spiro atoms. The normalized spacial score (nSPS) is 11.5. The summed E-state index contributed by atoms with van der Waals surface area (Å²) < 4.78 is 10.3. The van der Waals surface area contributed by atoms with Crippen molar-refractivity contribution in [3.05, 3.63) is 66.0 Å². The molecule has 0 aliphatic rings. The summed E-state index contributed by atoms with van der Waals surface area (Å²) in [6.45, 7) is 3.15. The molecule has 0 bridgehead atoms. The van der Waals surface area contributed by atoms with Crippen molar-refractivity contribution >= 4 is 17.6 Å². The van der Waals surface area contributed by atoms with E-state index in [9.17, 15) is 9.59 Å². The van der Waals surface area contributed by atoms with Crippen LogP contribution in [0.2, 0.25) is 0 Å². The second kappa shape index (κ2) is 8.34. The van der Waals surface area contributed by atoms with Crippen LogP contribution >= 0.6 is 0 Å². The Morgan fingerprint density at radius 1 is 1.04 bits per heavy atom. The highest BCUT2D eigenvalue weighted by Crippen LogP contribution is 2.16. The number of nitrogens with zero attached hydrogens (tertiary/aromatic N) is 3. The van der Waals surface area contributed by atoms with E-state index < -0.39 is 18.0 Å². The van der Waals surface area contributed by atoms with Crippen LogP contribution in [0, 0.1) is 6.92 Å². The van der Waals surface area contributed by atoms with Gasteiger partial charge in [0.15, 0.2) is 11.8 Å². The molecule has 8 nitrogen and oxygen atoms in total. The second-order valence-electron chi connectivity index (χ2n) is 6.02. The van der Waals surface area contributed by atoms with Gasteiger partial charge in [-0.15, -0.1) is 5.10 Å². The molecule has 3 aromatic rings. The fraction of sp³-hybridized carbons (Fsp3) is 0.200. The molecule has 0 radical (unpaired) electrons. The smallest absolute Gasteiger partial charge is 0.361 e. The molecule has 1 N–H and O–H groups in total. The standard InChI is InChI=1S/C20H20N4O4/c1-13-18(23-24(22-13)16-7-5-4-6-8-16)20(26)28-14(2)19(25)21-15-9-11-17(27-3)12-10-15/h4-12,14H,1-3H3,(H,21,25)/t14-/m1/s1. The number of aryl methyl sites for hydroxylation is 1. The number of benzene rings is 2. The van der Waals surface area contributed by atoms with Crippen LogP contribution in [0.25, 0.3) is 5.69 Å². The lowest BCUT2D eigenvalue weighted by atomic mass is 10.3. The number of hydrogen-bond acceptors (Lipinski definition) is 6. The van der Waals surface area contributed by atoms with Gasteiger partial charge in [-0.25, -0.2) is 4.79 Å². The quantitative estimate of drug-likeness (QED) is 0.661. The number of carbonyl (C=O) groups excluding carboxylic acids is 2. The Kier molecular flexibility index (Phi) is 5.69. The highest BCUT2D eigenvalue weighted by Gasteiger charge is 2.23. The van der Waals surface area contributed by atoms with Crippen molar-refractivity contribution in [3.8, 4) is 11.4 Å². The first-order chi connectivity index (χ1) is 13.5. The van der Waals surface area contributed by atoms with Crippen LogP contribution in [0.3, 0.4) is 0 Å². The van der Waals surface area contributed by atoms with E-state index in [1.807, 2.05) is 30.3 Å². The number of anilines is 1. The fourth-order valence-corrected chi connectivity index (χ4v) is 2.43. The fourth-order valence-electron chi connectivity index (χ4n) is 2.43. The molecule has 1 heterocycles. The van der Waals surface area contributed by atoms with Gasteiger partial charge in [0.05, 0.1) is 18.5 Å². The van der Waals surface area contributed by atoms with Crippen molar-refractivity contribution in [3.63, 3.8) is 0 Å². The van der Waals surface area contributed by atoms with Gasteiger partial charge in [-0.05, 0) is 50.2 Å². The van der Waals surface area contributed by atoms with Crippen molar-refractivity contribution in [1.29, 1.82) is 0 Å². The van der Waals surface area contributed by atoms with Gasteiger partial charge in [0.25, 0.3) is 5.91 Å². The molecule has 8 heteroatoms. The molecule has 0 saturated carbocycles. The van der Waals surface area contributed by atoms with Gasteiger partial charge >= 0.3 is 5.97 Å². The third-order valence-electron chi connectivity index (χ3n) is 3.97. The summed E-state index contributed by atoms with van der Waals surface area (Å²) in [6.07, 6.45) is -1.00. The van der Waals surface area contributed by atoms with Crippen LogP contribution in [-0.2, 0) is 9.53 Å². The van der Waals surface area contributed by atoms with Gasteiger partial charge in [-0.1, -0.05) is 18.2 Å². The Morgan fingerprint density at radius 3 is 2.36 bits per heavy atom. The van der Waals surface area contributed by atoms with E-state index in [2.05, 4.69) is 15.5 Å². The summed E-state index contributed by atoms with van der Waals surface area (Å²) in [5.74, 6) is -0.488. The zero-order chi connectivity index (χ0) is 20.1. The number of carbonyl (C=O) groups is 2. The molecule has 0 aliphatic heterocycles. The summed E-state index contributed by atoms with van der Waals surface area (Å²) in [7, 11) is 1.56. The zero-order valence-corrected chi connectivity index (χ0v) is 15.7. The molecule has 0 fully saturated rings. The molecule has 1 aromatic heterocycles. The average molecular weight is 380 g/mol. The molecule has 0 unspecified atom stereocenters. The Balaban J connectivity index is 1.65. The number of esters is 1. The molecule has 28 heavy (non-hydrogen) atoms. The van der Waals surface area contributed by atoms with E-state index >= 15 is 0 Å². The first kappa shape index (κ1) is 19.1. The summed E-state index contributed by atoms with van der Waals surface area (Å²) in [5.41, 5.74) is 1.76. The van der Waals surface area contributed by atoms with Gasteiger partial charge in [0.1, 0.15) is 5.75 Å². The maximum atomic E-state index is 12.4. The second-order valence-corrected chi connectivity index (χ2v) is 6.02. The van der Waals surface area contributed by atoms with E-state index in [-0.39, 0.29) is 5.69 Å². The number of rotatable bonds is 6. The molecular weight excluding hydrogens is 360 g/mol. The van der Waals surface area contributed by atoms with Crippen LogP contribution in [0.15, 0.2) is 54.6 Å². The largest absolute Gasteiger partial charge is 0.497 e. The average Bonchev–Trinajstić information content (AvgIpc) is 3.11. The lowest BCUT2D eigenvalue weighted by Crippen LogP contribution is -2.30. The molecular formula is C20H20N4O4. The van der Waals surface area contributed by atoms with Gasteiger partial charge < -0.3 is 14.8 Å². The van der Waals surface area contributed by atoms with E-state index in [1.165, 1.54) is 11.7 Å². The number of hydrogen-bond donors (Lipinski definition) is 1. The molecule has 0 aliphatic carbocycles. The van der Waals surface area contributed by atoms with Crippen molar-refractivity contribution in [2.45, 2.75) is 20.0 Å². The molecule has 2 aromatic carbocycles. The zero-order valence-electron chi connectivity index (χ0n) is 15.7. The Bertz CT molecular complexity index is 968. The molecule has 144 valence electrons. The Hall–Kier alpha value is -3.68. The number of ether oxygens (including phenoxy) is 2. The van der Waals surface area contributed by atoms with E-state index in [4.69, 9.17) is 9.47 Å². The van der Waals surface area contributed by atoms with E-state index in [0.29, 0.717) is 17.1 Å². The topological polar surface area (TPSA) is 95.3 Å². The van der Waals surface area contributed by atoms with Crippen LogP contribution in [-0.4, -0.2) is 40.1 Å². The van der Waals surface area contributed by atoms with Gasteiger partial charge in [-0.2, -0.15) is 9.90 Å². The molecule has 3 rings (SSSR count). The number of methoxy groups -OCH3 is 1. The van der Waals surface area contributed by atoms with E-state index in [0.717, 1.165) is 5.69 Å². The summed E-state index contributed by atoms with van der Waals surface area (Å²) >= 11 is 0.